The molecule has 1 atom stereocenters. The van der Waals surface area contributed by atoms with Gasteiger partial charge in [-0.2, -0.15) is 0 Å². The average molecular weight is 326 g/mol. The van der Waals surface area contributed by atoms with Crippen molar-refractivity contribution in [3.8, 4) is 16.2 Å². The van der Waals surface area contributed by atoms with E-state index in [1.54, 1.807) is 18.4 Å². The predicted molar refractivity (Wildman–Crippen MR) is 81.2 cm³/mol. The Kier molecular flexibility index (Phi) is 4.43. The molecular weight excluding hydrogens is 310 g/mol. The summed E-state index contributed by atoms with van der Waals surface area (Å²) in [6.45, 7) is 2.10. The summed E-state index contributed by atoms with van der Waals surface area (Å²) in [5, 5.41) is 0. The van der Waals surface area contributed by atoms with Crippen LogP contribution < -0.4 is 10.5 Å². The van der Waals surface area contributed by atoms with Crippen LogP contribution in [-0.2, 0) is 0 Å². The molecular formula is C14H16BrNOS. The van der Waals surface area contributed by atoms with E-state index < -0.39 is 0 Å². The number of hydrogen-bond acceptors (Lipinski definition) is 3. The molecule has 0 amide bonds. The molecule has 96 valence electrons. The highest BCUT2D eigenvalue weighted by Crippen LogP contribution is 2.37. The molecule has 0 saturated heterocycles. The van der Waals surface area contributed by atoms with Gasteiger partial charge in [-0.15, -0.1) is 11.3 Å². The molecule has 0 bridgehead atoms. The summed E-state index contributed by atoms with van der Waals surface area (Å²) in [4.78, 5) is 2.43. The van der Waals surface area contributed by atoms with Gasteiger partial charge in [0.05, 0.1) is 7.11 Å². The standard InChI is InChI=1S/C14H16BrNOS/c1-3-12(16)14-7-6-13(18-14)10-8-9(17-2)4-5-11(10)15/h4-8,12H,3,16H2,1-2H3. The first-order chi connectivity index (χ1) is 8.65. The van der Waals surface area contributed by atoms with Crippen molar-refractivity contribution in [3.05, 3.63) is 39.7 Å². The van der Waals surface area contributed by atoms with Crippen LogP contribution in [0.1, 0.15) is 24.3 Å². The third kappa shape index (κ3) is 2.76. The Balaban J connectivity index is 2.39. The van der Waals surface area contributed by atoms with Crippen LogP contribution in [0.4, 0.5) is 0 Å². The van der Waals surface area contributed by atoms with Crippen LogP contribution in [0.25, 0.3) is 10.4 Å². The van der Waals surface area contributed by atoms with Gasteiger partial charge < -0.3 is 10.5 Å². The molecule has 0 aliphatic rings. The summed E-state index contributed by atoms with van der Waals surface area (Å²) >= 11 is 5.32. The minimum absolute atomic E-state index is 0.133. The highest BCUT2D eigenvalue weighted by atomic mass is 79.9. The molecule has 0 aliphatic carbocycles. The van der Waals surface area contributed by atoms with Crippen LogP contribution >= 0.6 is 27.3 Å². The lowest BCUT2D eigenvalue weighted by atomic mass is 10.1. The smallest absolute Gasteiger partial charge is 0.119 e. The van der Waals surface area contributed by atoms with E-state index in [0.717, 1.165) is 22.2 Å². The maximum atomic E-state index is 6.05. The summed E-state index contributed by atoms with van der Waals surface area (Å²) in [6, 6.07) is 10.4. The number of nitrogens with two attached hydrogens (primary N) is 1. The SMILES string of the molecule is CCC(N)c1ccc(-c2cc(OC)ccc2Br)s1. The molecule has 1 aromatic heterocycles. The molecule has 1 heterocycles. The van der Waals surface area contributed by atoms with E-state index in [1.165, 1.54) is 9.75 Å². The van der Waals surface area contributed by atoms with Gasteiger partial charge in [0.25, 0.3) is 0 Å². The van der Waals surface area contributed by atoms with Gasteiger partial charge >= 0.3 is 0 Å². The van der Waals surface area contributed by atoms with Crippen molar-refractivity contribution in [2.45, 2.75) is 19.4 Å². The molecule has 1 aromatic carbocycles. The lowest BCUT2D eigenvalue weighted by Gasteiger charge is -2.06. The Labute approximate surface area is 120 Å². The number of hydrogen-bond donors (Lipinski definition) is 1. The van der Waals surface area contributed by atoms with Crippen molar-refractivity contribution in [2.24, 2.45) is 5.73 Å². The molecule has 0 radical (unpaired) electrons. The van der Waals surface area contributed by atoms with E-state index >= 15 is 0 Å². The first-order valence-corrected chi connectivity index (χ1v) is 7.46. The summed E-state index contributed by atoms with van der Waals surface area (Å²) in [5.74, 6) is 0.864. The molecule has 0 saturated carbocycles. The van der Waals surface area contributed by atoms with E-state index in [2.05, 4.69) is 35.0 Å². The summed E-state index contributed by atoms with van der Waals surface area (Å²) < 4.78 is 6.34. The van der Waals surface area contributed by atoms with E-state index in [4.69, 9.17) is 10.5 Å². The quantitative estimate of drug-likeness (QED) is 0.891. The van der Waals surface area contributed by atoms with Crippen LogP contribution in [-0.4, -0.2) is 7.11 Å². The molecule has 2 N–H and O–H groups in total. The minimum atomic E-state index is 0.133. The monoisotopic (exact) mass is 325 g/mol. The number of halogens is 1. The first kappa shape index (κ1) is 13.6. The number of methoxy groups -OCH3 is 1. The van der Waals surface area contributed by atoms with Crippen molar-refractivity contribution in [1.29, 1.82) is 0 Å². The number of ether oxygens (including phenoxy) is 1. The van der Waals surface area contributed by atoms with Crippen LogP contribution in [0, 0.1) is 0 Å². The van der Waals surface area contributed by atoms with Gasteiger partial charge in [-0.25, -0.2) is 0 Å². The second-order valence-electron chi connectivity index (χ2n) is 4.06. The van der Waals surface area contributed by atoms with E-state index in [0.29, 0.717) is 0 Å². The van der Waals surface area contributed by atoms with Crippen LogP contribution in [0.2, 0.25) is 0 Å². The third-order valence-electron chi connectivity index (χ3n) is 2.87. The molecule has 18 heavy (non-hydrogen) atoms. The topological polar surface area (TPSA) is 35.2 Å². The lowest BCUT2D eigenvalue weighted by molar-refractivity contribution is 0.415. The van der Waals surface area contributed by atoms with Gasteiger partial charge in [0, 0.05) is 25.8 Å². The van der Waals surface area contributed by atoms with Crippen LogP contribution in [0.15, 0.2) is 34.8 Å². The van der Waals surface area contributed by atoms with E-state index in [1.807, 2.05) is 18.2 Å². The molecule has 1 unspecified atom stereocenters. The van der Waals surface area contributed by atoms with Gasteiger partial charge in [-0.3, -0.25) is 0 Å². The van der Waals surface area contributed by atoms with Gasteiger partial charge in [-0.1, -0.05) is 22.9 Å². The van der Waals surface area contributed by atoms with Crippen LogP contribution in [0.5, 0.6) is 5.75 Å². The highest BCUT2D eigenvalue weighted by Gasteiger charge is 2.11. The van der Waals surface area contributed by atoms with Crippen molar-refractivity contribution in [1.82, 2.24) is 0 Å². The highest BCUT2D eigenvalue weighted by molar-refractivity contribution is 9.10. The summed E-state index contributed by atoms with van der Waals surface area (Å²) in [7, 11) is 1.68. The van der Waals surface area contributed by atoms with Crippen molar-refractivity contribution in [3.63, 3.8) is 0 Å². The molecule has 4 heteroatoms. The fourth-order valence-electron chi connectivity index (χ4n) is 1.72. The molecule has 2 rings (SSSR count). The number of rotatable bonds is 4. The summed E-state index contributed by atoms with van der Waals surface area (Å²) in [6.07, 6.45) is 0.958. The fraction of sp³-hybridized carbons (Fsp3) is 0.286. The maximum absolute atomic E-state index is 6.05. The maximum Gasteiger partial charge on any atom is 0.119 e. The largest absolute Gasteiger partial charge is 0.497 e. The van der Waals surface area contributed by atoms with Gasteiger partial charge in [0.1, 0.15) is 5.75 Å². The van der Waals surface area contributed by atoms with Crippen molar-refractivity contribution < 1.29 is 4.74 Å². The van der Waals surface area contributed by atoms with Gasteiger partial charge in [-0.05, 0) is 36.8 Å². The zero-order chi connectivity index (χ0) is 13.1. The van der Waals surface area contributed by atoms with Gasteiger partial charge in [0.2, 0.25) is 0 Å². The third-order valence-corrected chi connectivity index (χ3v) is 4.81. The molecule has 2 nitrogen and oxygen atoms in total. The Morgan fingerprint density at radius 3 is 2.78 bits per heavy atom. The van der Waals surface area contributed by atoms with Crippen molar-refractivity contribution >= 4 is 27.3 Å². The molecule has 0 spiro atoms. The van der Waals surface area contributed by atoms with E-state index in [-0.39, 0.29) is 6.04 Å². The molecule has 0 aliphatic heterocycles. The Hall–Kier alpha value is -0.840. The van der Waals surface area contributed by atoms with Gasteiger partial charge in [0.15, 0.2) is 0 Å². The Bertz CT molecular complexity index is 538. The van der Waals surface area contributed by atoms with Crippen LogP contribution in [0.3, 0.4) is 0 Å². The normalized spacial score (nSPS) is 12.4. The molecule has 0 fully saturated rings. The molecule has 2 aromatic rings. The van der Waals surface area contributed by atoms with E-state index in [9.17, 15) is 0 Å². The van der Waals surface area contributed by atoms with Crippen molar-refractivity contribution in [2.75, 3.05) is 7.11 Å². The number of benzene rings is 1. The summed E-state index contributed by atoms with van der Waals surface area (Å²) in [5.41, 5.74) is 7.20. The minimum Gasteiger partial charge on any atom is -0.497 e. The average Bonchev–Trinajstić information content (AvgIpc) is 2.88. The predicted octanol–water partition coefficient (Wildman–Crippen LogP) is 4.60. The second-order valence-corrected chi connectivity index (χ2v) is 6.03. The zero-order valence-corrected chi connectivity index (χ0v) is 12.8. The fourth-order valence-corrected chi connectivity index (χ4v) is 3.43. The lowest BCUT2D eigenvalue weighted by Crippen LogP contribution is -2.05. The first-order valence-electron chi connectivity index (χ1n) is 5.85. The Morgan fingerprint density at radius 2 is 2.11 bits per heavy atom. The zero-order valence-electron chi connectivity index (χ0n) is 10.4. The Morgan fingerprint density at radius 1 is 1.33 bits per heavy atom. The second kappa shape index (κ2) is 5.87. The number of thiophene rings is 1.